The predicted molar refractivity (Wildman–Crippen MR) is 399 cm³/mol. The third-order valence-electron chi connectivity index (χ3n) is 16.3. The lowest BCUT2D eigenvalue weighted by Gasteiger charge is -2.21. The SMILES string of the molecule is CCCCC/C=C\C/C=C\C/C=C\C/C=C\CCCC(=O)O[C@H](COC(=O)CCCCCCC/C=C\CCCCCC)COP(=O)(O)OC[C@H](O)COP(=O)(O)OC[C@@H](COC(=O)CCCCCCC/C=C\CCCCCC)OC(=O)CCCCCCC/C=C\CCCCCCCC. The minimum atomic E-state index is -4.99. The van der Waals surface area contributed by atoms with Crippen LogP contribution < -0.4 is 0 Å². The maximum absolute atomic E-state index is 13.1. The van der Waals surface area contributed by atoms with E-state index in [4.69, 9.17) is 37.0 Å². The summed E-state index contributed by atoms with van der Waals surface area (Å²) >= 11 is 0. The summed E-state index contributed by atoms with van der Waals surface area (Å²) < 4.78 is 68.4. The third kappa shape index (κ3) is 70.7. The fraction of sp³-hybridized carbons (Fsp3) is 0.772. The van der Waals surface area contributed by atoms with Gasteiger partial charge in [-0.3, -0.25) is 37.3 Å². The van der Waals surface area contributed by atoms with Crippen molar-refractivity contribution in [3.05, 3.63) is 85.1 Å². The van der Waals surface area contributed by atoms with Crippen LogP contribution >= 0.6 is 15.6 Å². The van der Waals surface area contributed by atoms with Gasteiger partial charge >= 0.3 is 39.5 Å². The average molecular weight is 1420 g/mol. The van der Waals surface area contributed by atoms with Gasteiger partial charge in [-0.2, -0.15) is 0 Å². The summed E-state index contributed by atoms with van der Waals surface area (Å²) in [5, 5.41) is 10.6. The van der Waals surface area contributed by atoms with Gasteiger partial charge in [0.05, 0.1) is 26.4 Å². The number of carbonyl (C=O) groups is 4. The molecule has 0 saturated carbocycles. The quantitative estimate of drug-likeness (QED) is 0.0169. The number of allylic oxidation sites excluding steroid dienone is 14. The van der Waals surface area contributed by atoms with Crippen molar-refractivity contribution in [3.8, 4) is 0 Å². The normalized spacial score (nSPS) is 14.4. The first kappa shape index (κ1) is 94.2. The molecule has 0 heterocycles. The van der Waals surface area contributed by atoms with Gasteiger partial charge in [0.1, 0.15) is 19.3 Å². The van der Waals surface area contributed by atoms with Gasteiger partial charge in [-0.15, -0.1) is 0 Å². The van der Waals surface area contributed by atoms with Crippen LogP contribution in [0.3, 0.4) is 0 Å². The number of esters is 4. The summed E-state index contributed by atoms with van der Waals surface area (Å²) in [7, 11) is -9.97. The van der Waals surface area contributed by atoms with Gasteiger partial charge < -0.3 is 33.8 Å². The van der Waals surface area contributed by atoms with Crippen molar-refractivity contribution in [2.75, 3.05) is 39.6 Å². The molecule has 0 spiro atoms. The molecule has 0 amide bonds. The molecule has 0 rings (SSSR count). The van der Waals surface area contributed by atoms with Crippen LogP contribution in [0.2, 0.25) is 0 Å². The molecule has 98 heavy (non-hydrogen) atoms. The summed E-state index contributed by atoms with van der Waals surface area (Å²) in [5.74, 6) is -2.25. The molecule has 0 saturated heterocycles. The highest BCUT2D eigenvalue weighted by atomic mass is 31.2. The van der Waals surface area contributed by atoms with Crippen LogP contribution in [0.1, 0.15) is 336 Å². The number of aliphatic hydroxyl groups is 1. The summed E-state index contributed by atoms with van der Waals surface area (Å²) in [6.45, 7) is 4.75. The van der Waals surface area contributed by atoms with E-state index in [9.17, 15) is 43.2 Å². The Morgan fingerprint density at radius 2 is 0.510 bits per heavy atom. The zero-order chi connectivity index (χ0) is 71.8. The van der Waals surface area contributed by atoms with Crippen LogP contribution in [0.25, 0.3) is 0 Å². The van der Waals surface area contributed by atoms with Crippen LogP contribution in [0.5, 0.6) is 0 Å². The van der Waals surface area contributed by atoms with Gasteiger partial charge in [0.15, 0.2) is 12.2 Å². The van der Waals surface area contributed by atoms with E-state index in [2.05, 4.69) is 101 Å². The minimum absolute atomic E-state index is 0.0186. The van der Waals surface area contributed by atoms with Gasteiger partial charge in [0.25, 0.3) is 0 Å². The second-order valence-corrected chi connectivity index (χ2v) is 28.8. The smallest absolute Gasteiger partial charge is 0.462 e. The van der Waals surface area contributed by atoms with E-state index in [1.54, 1.807) is 0 Å². The molecule has 3 N–H and O–H groups in total. The molecule has 19 heteroatoms. The van der Waals surface area contributed by atoms with E-state index in [0.717, 1.165) is 141 Å². The summed E-state index contributed by atoms with van der Waals surface area (Å²) in [6, 6.07) is 0. The number of carbonyl (C=O) groups excluding carboxylic acids is 4. The molecule has 0 bridgehead atoms. The second kappa shape index (κ2) is 71.6. The van der Waals surface area contributed by atoms with Gasteiger partial charge in [0.2, 0.25) is 0 Å². The molecule has 0 aliphatic rings. The van der Waals surface area contributed by atoms with Crippen LogP contribution in [-0.2, 0) is 65.4 Å². The van der Waals surface area contributed by atoms with Gasteiger partial charge in [0, 0.05) is 25.7 Å². The van der Waals surface area contributed by atoms with Crippen molar-refractivity contribution >= 4 is 39.5 Å². The van der Waals surface area contributed by atoms with Crippen LogP contribution in [0.15, 0.2) is 85.1 Å². The van der Waals surface area contributed by atoms with Crippen LogP contribution in [-0.4, -0.2) is 96.7 Å². The minimum Gasteiger partial charge on any atom is -0.462 e. The number of phosphoric ester groups is 2. The Hall–Kier alpha value is -3.76. The Bertz CT molecular complexity index is 2190. The van der Waals surface area contributed by atoms with Gasteiger partial charge in [-0.05, 0) is 141 Å². The van der Waals surface area contributed by atoms with Crippen molar-refractivity contribution in [1.82, 2.24) is 0 Å². The highest BCUT2D eigenvalue weighted by molar-refractivity contribution is 7.47. The molecule has 0 aromatic rings. The number of phosphoric acid groups is 2. The van der Waals surface area contributed by atoms with Crippen LogP contribution in [0, 0.1) is 0 Å². The van der Waals surface area contributed by atoms with E-state index in [1.165, 1.54) is 109 Å². The van der Waals surface area contributed by atoms with E-state index in [0.29, 0.717) is 32.1 Å². The van der Waals surface area contributed by atoms with Crippen molar-refractivity contribution in [2.24, 2.45) is 0 Å². The molecule has 2 unspecified atom stereocenters. The lowest BCUT2D eigenvalue weighted by atomic mass is 10.1. The number of ether oxygens (including phenoxy) is 4. The van der Waals surface area contributed by atoms with E-state index < -0.39 is 97.5 Å². The Morgan fingerprint density at radius 3 is 0.847 bits per heavy atom. The molecular weight excluding hydrogens is 1280 g/mol. The molecule has 0 fully saturated rings. The topological polar surface area (TPSA) is 237 Å². The highest BCUT2D eigenvalue weighted by Gasteiger charge is 2.30. The Kier molecular flexibility index (Phi) is 68.9. The molecule has 0 aromatic carbocycles. The van der Waals surface area contributed by atoms with E-state index in [-0.39, 0.29) is 25.7 Å². The fourth-order valence-corrected chi connectivity index (χ4v) is 11.9. The zero-order valence-electron chi connectivity index (χ0n) is 62.0. The summed E-state index contributed by atoms with van der Waals surface area (Å²) in [5.41, 5.74) is 0. The maximum atomic E-state index is 13.1. The first-order valence-electron chi connectivity index (χ1n) is 38.8. The standard InChI is InChI=1S/C79H140O17P2/c1-5-9-13-17-21-25-29-33-35-36-38-42-46-50-54-58-62-66-79(84)96-75(70-90-77(82)64-60-56-52-48-44-40-32-28-24-20-16-12-8-4)72-94-98(87,88)92-68-73(80)67-91-97(85,86)93-71-74(69-89-76(81)63-59-55-51-47-43-39-31-27-23-19-15-11-7-3)95-78(83)65-61-57-53-49-45-41-37-34-30-26-22-18-14-10-6-2/h21,25,27-28,31-35,37-38,42,50,54,73-75,80H,5-20,22-24,26,29-30,36,39-41,43-49,51-53,55-72H2,1-4H3,(H,85,86)(H,87,88)/b25-21-,31-27-,32-28-,35-33-,37-34-,42-38-,54-50-/t73-,74-,75-/m1/s1. The summed E-state index contributed by atoms with van der Waals surface area (Å²) in [6.07, 6.45) is 72.9. The maximum Gasteiger partial charge on any atom is 0.472 e. The van der Waals surface area contributed by atoms with Crippen molar-refractivity contribution in [3.63, 3.8) is 0 Å². The highest BCUT2D eigenvalue weighted by Crippen LogP contribution is 2.45. The Balaban J connectivity index is 5.40. The summed E-state index contributed by atoms with van der Waals surface area (Å²) in [4.78, 5) is 72.8. The Labute approximate surface area is 595 Å². The number of unbranched alkanes of at least 4 members (excludes halogenated alkanes) is 33. The zero-order valence-corrected chi connectivity index (χ0v) is 63.7. The number of aliphatic hydroxyl groups excluding tert-OH is 1. The van der Waals surface area contributed by atoms with E-state index >= 15 is 0 Å². The molecule has 0 radical (unpaired) electrons. The van der Waals surface area contributed by atoms with Gasteiger partial charge in [-0.1, -0.05) is 254 Å². The second-order valence-electron chi connectivity index (χ2n) is 25.9. The molecular formula is C79H140O17P2. The average Bonchev–Trinajstić information content (AvgIpc) is 1.05. The van der Waals surface area contributed by atoms with Crippen LogP contribution in [0.4, 0.5) is 0 Å². The first-order chi connectivity index (χ1) is 47.7. The molecule has 5 atom stereocenters. The fourth-order valence-electron chi connectivity index (χ4n) is 10.3. The Morgan fingerprint density at radius 1 is 0.286 bits per heavy atom. The number of rotatable bonds is 73. The predicted octanol–water partition coefficient (Wildman–Crippen LogP) is 22.2. The molecule has 0 aromatic heterocycles. The first-order valence-corrected chi connectivity index (χ1v) is 41.8. The largest absolute Gasteiger partial charge is 0.472 e. The van der Waals surface area contributed by atoms with E-state index in [1.807, 2.05) is 12.2 Å². The molecule has 0 aliphatic carbocycles. The van der Waals surface area contributed by atoms with Crippen molar-refractivity contribution in [1.29, 1.82) is 0 Å². The number of hydrogen-bond acceptors (Lipinski definition) is 15. The van der Waals surface area contributed by atoms with Crippen molar-refractivity contribution < 1.29 is 80.2 Å². The number of hydrogen-bond donors (Lipinski definition) is 3. The monoisotopic (exact) mass is 1420 g/mol. The van der Waals surface area contributed by atoms with Crippen molar-refractivity contribution in [2.45, 2.75) is 354 Å². The lowest BCUT2D eigenvalue weighted by molar-refractivity contribution is -0.161. The molecule has 0 aliphatic heterocycles. The lowest BCUT2D eigenvalue weighted by Crippen LogP contribution is -2.30. The van der Waals surface area contributed by atoms with Gasteiger partial charge in [-0.25, -0.2) is 9.13 Å². The third-order valence-corrected chi connectivity index (χ3v) is 18.2. The molecule has 568 valence electrons. The molecule has 17 nitrogen and oxygen atoms in total.